The highest BCUT2D eigenvalue weighted by molar-refractivity contribution is 7.91. The molecule has 3 N–H and O–H groups in total. The summed E-state index contributed by atoms with van der Waals surface area (Å²) in [5.74, 6) is 0.382. The van der Waals surface area contributed by atoms with Crippen molar-refractivity contribution in [3.63, 3.8) is 0 Å². The van der Waals surface area contributed by atoms with Gasteiger partial charge in [0.2, 0.25) is 10.0 Å². The highest BCUT2D eigenvalue weighted by atomic mass is 32.2. The highest BCUT2D eigenvalue weighted by Gasteiger charge is 2.26. The van der Waals surface area contributed by atoms with Crippen molar-refractivity contribution in [2.24, 2.45) is 5.92 Å². The molecule has 1 aromatic rings. The number of hydrogen-bond donors (Lipinski definition) is 2. The number of nitrogen functional groups attached to an aromatic ring is 1. The van der Waals surface area contributed by atoms with Gasteiger partial charge in [0.05, 0.1) is 4.92 Å². The number of anilines is 1. The maximum absolute atomic E-state index is 11.9. The van der Waals surface area contributed by atoms with E-state index in [4.69, 9.17) is 5.73 Å². The van der Waals surface area contributed by atoms with Gasteiger partial charge in [-0.15, -0.1) is 0 Å². The van der Waals surface area contributed by atoms with Crippen LogP contribution >= 0.6 is 11.3 Å². The Morgan fingerprint density at radius 2 is 2.22 bits per heavy atom. The monoisotopic (exact) mass is 291 g/mol. The standard InChI is InChI=1S/C9H13N3O4S2/c10-9-7(12(13)14)4-8(17-9)18(15,16)11-5-6-2-1-3-6/h4,6,11H,1-3,5,10H2. The molecule has 1 heterocycles. The molecule has 2 rings (SSSR count). The van der Waals surface area contributed by atoms with Crippen molar-refractivity contribution in [3.8, 4) is 0 Å². The van der Waals surface area contributed by atoms with Gasteiger partial charge in [0.25, 0.3) is 0 Å². The van der Waals surface area contributed by atoms with E-state index in [2.05, 4.69) is 4.72 Å². The summed E-state index contributed by atoms with van der Waals surface area (Å²) < 4.78 is 26.1. The number of hydrogen-bond acceptors (Lipinski definition) is 6. The van der Waals surface area contributed by atoms with Crippen LogP contribution in [-0.4, -0.2) is 19.9 Å². The number of sulfonamides is 1. The van der Waals surface area contributed by atoms with Gasteiger partial charge < -0.3 is 5.73 Å². The van der Waals surface area contributed by atoms with Gasteiger partial charge >= 0.3 is 5.69 Å². The molecule has 100 valence electrons. The molecule has 0 radical (unpaired) electrons. The van der Waals surface area contributed by atoms with Crippen LogP contribution in [0.3, 0.4) is 0 Å². The van der Waals surface area contributed by atoms with Gasteiger partial charge in [-0.25, -0.2) is 13.1 Å². The van der Waals surface area contributed by atoms with Crippen molar-refractivity contribution < 1.29 is 13.3 Å². The second-order valence-electron chi connectivity index (χ2n) is 4.22. The van der Waals surface area contributed by atoms with E-state index in [-0.39, 0.29) is 14.9 Å². The molecule has 7 nitrogen and oxygen atoms in total. The number of nitrogens with one attached hydrogen (secondary N) is 1. The fourth-order valence-corrected chi connectivity index (χ4v) is 4.02. The van der Waals surface area contributed by atoms with Crippen molar-refractivity contribution in [1.82, 2.24) is 4.72 Å². The van der Waals surface area contributed by atoms with Crippen LogP contribution in [0.4, 0.5) is 10.7 Å². The predicted molar refractivity (Wildman–Crippen MR) is 67.9 cm³/mol. The summed E-state index contributed by atoms with van der Waals surface area (Å²) in [6.07, 6.45) is 3.17. The van der Waals surface area contributed by atoms with Gasteiger partial charge in [-0.1, -0.05) is 17.8 Å². The van der Waals surface area contributed by atoms with Gasteiger partial charge in [-0.2, -0.15) is 0 Å². The third-order valence-electron chi connectivity index (χ3n) is 2.97. The van der Waals surface area contributed by atoms with Crippen molar-refractivity contribution in [2.75, 3.05) is 12.3 Å². The topological polar surface area (TPSA) is 115 Å². The number of nitrogens with zero attached hydrogens (tertiary/aromatic N) is 1. The maximum atomic E-state index is 11.9. The number of nitrogens with two attached hydrogens (primary N) is 1. The second kappa shape index (κ2) is 4.82. The number of rotatable bonds is 5. The molecule has 1 aliphatic rings. The summed E-state index contributed by atoms with van der Waals surface area (Å²) in [5, 5.41) is 10.5. The minimum Gasteiger partial charge on any atom is -0.385 e. The zero-order chi connectivity index (χ0) is 13.3. The van der Waals surface area contributed by atoms with E-state index in [1.54, 1.807) is 0 Å². The lowest BCUT2D eigenvalue weighted by Crippen LogP contribution is -2.31. The van der Waals surface area contributed by atoms with Gasteiger partial charge in [-0.05, 0) is 18.8 Å². The lowest BCUT2D eigenvalue weighted by Gasteiger charge is -2.25. The molecule has 0 atom stereocenters. The van der Waals surface area contributed by atoms with Crippen LogP contribution in [0.5, 0.6) is 0 Å². The molecule has 0 bridgehead atoms. The average Bonchev–Trinajstić information content (AvgIpc) is 2.58. The summed E-state index contributed by atoms with van der Waals surface area (Å²) >= 11 is 0.713. The lowest BCUT2D eigenvalue weighted by atomic mass is 9.86. The maximum Gasteiger partial charge on any atom is 0.304 e. The molecule has 0 aromatic carbocycles. The van der Waals surface area contributed by atoms with Gasteiger partial charge in [-0.3, -0.25) is 10.1 Å². The first-order valence-corrected chi connectivity index (χ1v) is 7.73. The Balaban J connectivity index is 2.13. The van der Waals surface area contributed by atoms with Crippen LogP contribution in [0.1, 0.15) is 19.3 Å². The quantitative estimate of drug-likeness (QED) is 0.627. The van der Waals surface area contributed by atoms with Gasteiger partial charge in [0.1, 0.15) is 4.21 Å². The number of thiophene rings is 1. The van der Waals surface area contributed by atoms with Crippen molar-refractivity contribution in [1.29, 1.82) is 0 Å². The molecule has 18 heavy (non-hydrogen) atoms. The Hall–Kier alpha value is -1.19. The smallest absolute Gasteiger partial charge is 0.304 e. The van der Waals surface area contributed by atoms with Crippen molar-refractivity contribution in [3.05, 3.63) is 16.2 Å². The zero-order valence-electron chi connectivity index (χ0n) is 9.46. The summed E-state index contributed by atoms with van der Waals surface area (Å²) in [6.45, 7) is 0.383. The van der Waals surface area contributed by atoms with Crippen LogP contribution < -0.4 is 10.5 Å². The fourth-order valence-electron chi connectivity index (χ4n) is 1.64. The van der Waals surface area contributed by atoms with Gasteiger partial charge in [0.15, 0.2) is 5.00 Å². The lowest BCUT2D eigenvalue weighted by molar-refractivity contribution is -0.383. The SMILES string of the molecule is Nc1sc(S(=O)(=O)NCC2CCC2)cc1[N+](=O)[O-]. The molecule has 1 aromatic heterocycles. The molecular weight excluding hydrogens is 278 g/mol. The van der Waals surface area contributed by atoms with E-state index in [0.717, 1.165) is 25.3 Å². The third kappa shape index (κ3) is 2.62. The zero-order valence-corrected chi connectivity index (χ0v) is 11.1. The Kier molecular flexibility index (Phi) is 3.55. The second-order valence-corrected chi connectivity index (χ2v) is 7.30. The summed E-state index contributed by atoms with van der Waals surface area (Å²) in [7, 11) is -3.68. The van der Waals surface area contributed by atoms with Crippen molar-refractivity contribution in [2.45, 2.75) is 23.5 Å². The summed E-state index contributed by atoms with van der Waals surface area (Å²) in [4.78, 5) is 9.92. The largest absolute Gasteiger partial charge is 0.385 e. The minimum absolute atomic E-state index is 0.0935. The summed E-state index contributed by atoms with van der Waals surface area (Å²) in [5.41, 5.74) is 5.06. The van der Waals surface area contributed by atoms with E-state index in [1.807, 2.05) is 0 Å². The first-order valence-electron chi connectivity index (χ1n) is 5.43. The van der Waals surface area contributed by atoms with E-state index in [9.17, 15) is 18.5 Å². The Morgan fingerprint density at radius 3 is 2.67 bits per heavy atom. The minimum atomic E-state index is -3.68. The molecule has 1 fully saturated rings. The average molecular weight is 291 g/mol. The van der Waals surface area contributed by atoms with Gasteiger partial charge in [0, 0.05) is 12.6 Å². The van der Waals surface area contributed by atoms with Crippen LogP contribution in [-0.2, 0) is 10.0 Å². The van der Waals surface area contributed by atoms with Crippen LogP contribution in [0.25, 0.3) is 0 Å². The Morgan fingerprint density at radius 1 is 1.56 bits per heavy atom. The predicted octanol–water partition coefficient (Wildman–Crippen LogP) is 1.32. The molecule has 0 amide bonds. The Labute approximate surface area is 108 Å². The molecule has 0 spiro atoms. The first kappa shape index (κ1) is 13.2. The fraction of sp³-hybridized carbons (Fsp3) is 0.556. The molecular formula is C9H13N3O4S2. The highest BCUT2D eigenvalue weighted by Crippen LogP contribution is 2.34. The molecule has 0 aliphatic heterocycles. The van der Waals surface area contributed by atoms with Crippen LogP contribution in [0.2, 0.25) is 0 Å². The van der Waals surface area contributed by atoms with Crippen LogP contribution in [0.15, 0.2) is 10.3 Å². The molecule has 1 saturated carbocycles. The van der Waals surface area contributed by atoms with E-state index < -0.39 is 14.9 Å². The summed E-state index contributed by atoms with van der Waals surface area (Å²) in [6, 6.07) is 1.00. The van der Waals surface area contributed by atoms with E-state index >= 15 is 0 Å². The van der Waals surface area contributed by atoms with Crippen molar-refractivity contribution >= 4 is 32.0 Å². The Bertz CT molecular complexity index is 562. The molecule has 0 saturated heterocycles. The number of nitro groups is 1. The van der Waals surface area contributed by atoms with E-state index in [1.165, 1.54) is 0 Å². The molecule has 9 heteroatoms. The molecule has 0 unspecified atom stereocenters. The van der Waals surface area contributed by atoms with Crippen LogP contribution in [0, 0.1) is 16.0 Å². The normalized spacial score (nSPS) is 16.4. The molecule has 1 aliphatic carbocycles. The van der Waals surface area contributed by atoms with E-state index in [0.29, 0.717) is 23.8 Å². The third-order valence-corrected chi connectivity index (χ3v) is 5.82. The first-order chi connectivity index (χ1) is 8.40.